The predicted molar refractivity (Wildman–Crippen MR) is 80.0 cm³/mol. The molecule has 8 nitrogen and oxygen atoms in total. The summed E-state index contributed by atoms with van der Waals surface area (Å²) in [7, 11) is -2.08. The van der Waals surface area contributed by atoms with E-state index in [9.17, 15) is 18.0 Å². The molecule has 0 saturated carbocycles. The third kappa shape index (κ3) is 3.68. The first-order valence-corrected chi connectivity index (χ1v) is 8.06. The summed E-state index contributed by atoms with van der Waals surface area (Å²) in [6.07, 6.45) is 4.45. The summed E-state index contributed by atoms with van der Waals surface area (Å²) in [4.78, 5) is 27.2. The number of sulfonamides is 1. The van der Waals surface area contributed by atoms with E-state index in [4.69, 9.17) is 0 Å². The second-order valence-electron chi connectivity index (χ2n) is 4.64. The second kappa shape index (κ2) is 6.67. The summed E-state index contributed by atoms with van der Waals surface area (Å²) in [5.41, 5.74) is -0.833. The Morgan fingerprint density at radius 2 is 2.05 bits per heavy atom. The van der Waals surface area contributed by atoms with Gasteiger partial charge in [-0.3, -0.25) is 14.3 Å². The van der Waals surface area contributed by atoms with Crippen molar-refractivity contribution in [3.05, 3.63) is 57.6 Å². The number of rotatable bonds is 6. The summed E-state index contributed by atoms with van der Waals surface area (Å²) in [6.45, 7) is 0.254. The highest BCUT2D eigenvalue weighted by atomic mass is 32.2. The van der Waals surface area contributed by atoms with Crippen molar-refractivity contribution in [3.8, 4) is 0 Å². The predicted octanol–water partition coefficient (Wildman–Crippen LogP) is -0.689. The summed E-state index contributed by atoms with van der Waals surface area (Å²) < 4.78 is 28.7. The molecule has 0 aliphatic rings. The van der Waals surface area contributed by atoms with E-state index in [1.165, 1.54) is 41.4 Å². The number of aryl methyl sites for hydroxylation is 1. The van der Waals surface area contributed by atoms with Gasteiger partial charge in [-0.05, 0) is 18.6 Å². The molecule has 0 radical (unpaired) electrons. The molecule has 2 rings (SSSR count). The van der Waals surface area contributed by atoms with Crippen LogP contribution in [0, 0.1) is 0 Å². The number of hydrogen-bond donors (Lipinski definition) is 1. The van der Waals surface area contributed by atoms with Crippen molar-refractivity contribution < 1.29 is 8.42 Å². The maximum absolute atomic E-state index is 11.9. The molecule has 118 valence electrons. The Hall–Kier alpha value is -2.26. The van der Waals surface area contributed by atoms with Crippen LogP contribution in [0.25, 0.3) is 0 Å². The summed E-state index contributed by atoms with van der Waals surface area (Å²) in [5, 5.41) is 0. The number of aromatic nitrogens is 3. The quantitative estimate of drug-likeness (QED) is 0.709. The van der Waals surface area contributed by atoms with Gasteiger partial charge >= 0.3 is 5.69 Å². The highest BCUT2D eigenvalue weighted by Gasteiger charge is 2.13. The number of hydrogen-bond acceptors (Lipinski definition) is 5. The van der Waals surface area contributed by atoms with E-state index in [0.29, 0.717) is 6.42 Å². The number of pyridine rings is 1. The van der Waals surface area contributed by atoms with Crippen molar-refractivity contribution in [1.29, 1.82) is 0 Å². The van der Waals surface area contributed by atoms with Gasteiger partial charge in [0.25, 0.3) is 5.56 Å². The van der Waals surface area contributed by atoms with Gasteiger partial charge in [0.2, 0.25) is 10.0 Å². The molecule has 0 aliphatic heterocycles. The highest BCUT2D eigenvalue weighted by Crippen LogP contribution is 2.04. The first kappa shape index (κ1) is 16.1. The molecule has 0 unspecified atom stereocenters. The molecule has 0 saturated heterocycles. The smallest absolute Gasteiger partial charge is 0.303 e. The first-order chi connectivity index (χ1) is 10.4. The maximum Gasteiger partial charge on any atom is 0.330 e. The van der Waals surface area contributed by atoms with Crippen LogP contribution in [0.2, 0.25) is 0 Å². The number of nitrogens with one attached hydrogen (secondary N) is 1. The fourth-order valence-electron chi connectivity index (χ4n) is 1.85. The van der Waals surface area contributed by atoms with Crippen molar-refractivity contribution in [1.82, 2.24) is 18.8 Å². The SMILES string of the molecule is Cn1ccc(=O)n(CCCNS(=O)(=O)c2cccnc2)c1=O. The van der Waals surface area contributed by atoms with E-state index in [1.54, 1.807) is 7.05 Å². The van der Waals surface area contributed by atoms with Crippen LogP contribution in [-0.2, 0) is 23.6 Å². The Kier molecular flexibility index (Phi) is 4.88. The lowest BCUT2D eigenvalue weighted by atomic mass is 10.4. The monoisotopic (exact) mass is 324 g/mol. The molecule has 0 aliphatic carbocycles. The third-order valence-corrected chi connectivity index (χ3v) is 4.48. The fraction of sp³-hybridized carbons (Fsp3) is 0.308. The van der Waals surface area contributed by atoms with Crippen LogP contribution in [0.1, 0.15) is 6.42 Å². The number of nitrogens with zero attached hydrogens (tertiary/aromatic N) is 3. The van der Waals surface area contributed by atoms with Gasteiger partial charge in [-0.2, -0.15) is 0 Å². The molecule has 2 aromatic rings. The van der Waals surface area contributed by atoms with Crippen molar-refractivity contribution in [3.63, 3.8) is 0 Å². The zero-order valence-corrected chi connectivity index (χ0v) is 12.8. The maximum atomic E-state index is 11.9. The van der Waals surface area contributed by atoms with Crippen molar-refractivity contribution in [2.45, 2.75) is 17.9 Å². The molecule has 1 N–H and O–H groups in total. The molecular weight excluding hydrogens is 308 g/mol. The van der Waals surface area contributed by atoms with Crippen LogP contribution < -0.4 is 16.0 Å². The van der Waals surface area contributed by atoms with Crippen LogP contribution in [-0.4, -0.2) is 29.1 Å². The average molecular weight is 324 g/mol. The molecular formula is C13H16N4O4S. The lowest BCUT2D eigenvalue weighted by Gasteiger charge is -2.08. The van der Waals surface area contributed by atoms with Gasteiger partial charge < -0.3 is 4.57 Å². The molecule has 0 atom stereocenters. The Balaban J connectivity index is 1.98. The Labute approximate surface area is 127 Å². The van der Waals surface area contributed by atoms with E-state index in [1.807, 2.05) is 0 Å². The molecule has 0 bridgehead atoms. The van der Waals surface area contributed by atoms with E-state index in [2.05, 4.69) is 9.71 Å². The van der Waals surface area contributed by atoms with Crippen LogP contribution in [0.5, 0.6) is 0 Å². The average Bonchev–Trinajstić information content (AvgIpc) is 2.51. The molecule has 2 aromatic heterocycles. The van der Waals surface area contributed by atoms with Crippen LogP contribution in [0.15, 0.2) is 51.3 Å². The zero-order valence-electron chi connectivity index (χ0n) is 12.0. The van der Waals surface area contributed by atoms with Gasteiger partial charge in [0, 0.05) is 44.8 Å². The topological polar surface area (TPSA) is 103 Å². The Bertz CT molecular complexity index is 856. The molecule has 9 heteroatoms. The standard InChI is InChI=1S/C13H16N4O4S/c1-16-9-5-12(18)17(13(16)19)8-3-7-15-22(20,21)11-4-2-6-14-10-11/h2,4-6,9-10,15H,3,7-8H2,1H3. The van der Waals surface area contributed by atoms with Gasteiger partial charge in [-0.15, -0.1) is 0 Å². The Morgan fingerprint density at radius 1 is 1.27 bits per heavy atom. The lowest BCUT2D eigenvalue weighted by Crippen LogP contribution is -2.38. The largest absolute Gasteiger partial charge is 0.330 e. The summed E-state index contributed by atoms with van der Waals surface area (Å²) >= 11 is 0. The van der Waals surface area contributed by atoms with Gasteiger partial charge in [0.1, 0.15) is 4.90 Å². The van der Waals surface area contributed by atoms with Crippen molar-refractivity contribution in [2.75, 3.05) is 6.54 Å². The minimum Gasteiger partial charge on any atom is -0.303 e. The lowest BCUT2D eigenvalue weighted by molar-refractivity contribution is 0.546. The zero-order chi connectivity index (χ0) is 16.2. The summed E-state index contributed by atoms with van der Waals surface area (Å²) in [6, 6.07) is 4.26. The molecule has 22 heavy (non-hydrogen) atoms. The molecule has 2 heterocycles. The third-order valence-electron chi connectivity index (χ3n) is 3.03. The molecule has 0 amide bonds. The van der Waals surface area contributed by atoms with Gasteiger partial charge in [0.15, 0.2) is 0 Å². The van der Waals surface area contributed by atoms with E-state index < -0.39 is 21.3 Å². The van der Waals surface area contributed by atoms with Crippen LogP contribution >= 0.6 is 0 Å². The summed E-state index contributed by atoms with van der Waals surface area (Å²) in [5.74, 6) is 0. The van der Waals surface area contributed by atoms with Crippen LogP contribution in [0.3, 0.4) is 0 Å². The molecule has 0 spiro atoms. The normalized spacial score (nSPS) is 11.5. The van der Waals surface area contributed by atoms with Crippen molar-refractivity contribution in [2.24, 2.45) is 7.05 Å². The van der Waals surface area contributed by atoms with E-state index >= 15 is 0 Å². The van der Waals surface area contributed by atoms with Gasteiger partial charge in [-0.25, -0.2) is 17.9 Å². The minimum absolute atomic E-state index is 0.0720. The second-order valence-corrected chi connectivity index (χ2v) is 6.41. The van der Waals surface area contributed by atoms with Crippen molar-refractivity contribution >= 4 is 10.0 Å². The van der Waals surface area contributed by atoms with E-state index in [-0.39, 0.29) is 18.0 Å². The molecule has 0 aromatic carbocycles. The van der Waals surface area contributed by atoms with Gasteiger partial charge in [0.05, 0.1) is 0 Å². The highest BCUT2D eigenvalue weighted by molar-refractivity contribution is 7.89. The van der Waals surface area contributed by atoms with E-state index in [0.717, 1.165) is 4.57 Å². The van der Waals surface area contributed by atoms with Gasteiger partial charge in [-0.1, -0.05) is 0 Å². The van der Waals surface area contributed by atoms with Crippen LogP contribution in [0.4, 0.5) is 0 Å². The minimum atomic E-state index is -3.63. The Morgan fingerprint density at radius 3 is 2.73 bits per heavy atom. The first-order valence-electron chi connectivity index (χ1n) is 6.58. The fourth-order valence-corrected chi connectivity index (χ4v) is 2.89. The molecule has 0 fully saturated rings.